The topological polar surface area (TPSA) is 105 Å². The third-order valence-electron chi connectivity index (χ3n) is 5.78. The van der Waals surface area contributed by atoms with Gasteiger partial charge in [0.05, 0.1) is 31.3 Å². The number of likely N-dealkylation sites (N-methyl/N-ethyl adjacent to an activating group) is 1. The highest BCUT2D eigenvalue weighted by Crippen LogP contribution is 2.25. The summed E-state index contributed by atoms with van der Waals surface area (Å²) in [6.07, 6.45) is 0.0662. The second-order valence-corrected chi connectivity index (χ2v) is 9.41. The van der Waals surface area contributed by atoms with Gasteiger partial charge in [0.1, 0.15) is 10.0 Å². The Hall–Kier alpha value is -3.47. The SMILES string of the molecule is COC(=O)c1ccc(C(=O)Cc2nnc(-c3ccccc3)s2)cc1NC(=O)CN1CCN(C)CC1. The molecule has 1 N–H and O–H groups in total. The van der Waals surface area contributed by atoms with Crippen molar-refractivity contribution in [2.24, 2.45) is 0 Å². The number of carbonyl (C=O) groups is 3. The molecular weight excluding hydrogens is 466 g/mol. The molecule has 1 amide bonds. The van der Waals surface area contributed by atoms with Crippen molar-refractivity contribution in [3.05, 3.63) is 64.7 Å². The Balaban J connectivity index is 1.47. The molecule has 35 heavy (non-hydrogen) atoms. The van der Waals surface area contributed by atoms with Gasteiger partial charge in [-0.05, 0) is 19.2 Å². The van der Waals surface area contributed by atoms with Crippen LogP contribution in [0.2, 0.25) is 0 Å². The molecule has 2 aromatic carbocycles. The van der Waals surface area contributed by atoms with Crippen LogP contribution < -0.4 is 5.32 Å². The van der Waals surface area contributed by atoms with E-state index in [1.54, 1.807) is 6.07 Å². The van der Waals surface area contributed by atoms with Crippen molar-refractivity contribution in [3.63, 3.8) is 0 Å². The van der Waals surface area contributed by atoms with E-state index in [4.69, 9.17) is 4.74 Å². The van der Waals surface area contributed by atoms with Crippen molar-refractivity contribution in [2.75, 3.05) is 52.2 Å². The zero-order chi connectivity index (χ0) is 24.8. The standard InChI is InChI=1S/C25H27N5O4S/c1-29-10-12-30(13-11-29)16-22(32)26-20-14-18(8-9-19(20)25(33)34-2)21(31)15-23-27-28-24(35-23)17-6-4-3-5-7-17/h3-9,14H,10-13,15-16H2,1-2H3,(H,26,32). The van der Waals surface area contributed by atoms with Crippen LogP contribution in [0.5, 0.6) is 0 Å². The van der Waals surface area contributed by atoms with Gasteiger partial charge in [0.2, 0.25) is 5.91 Å². The summed E-state index contributed by atoms with van der Waals surface area (Å²) in [6.45, 7) is 3.57. The summed E-state index contributed by atoms with van der Waals surface area (Å²) in [7, 11) is 3.32. The minimum absolute atomic E-state index is 0.0662. The van der Waals surface area contributed by atoms with Gasteiger partial charge in [-0.25, -0.2) is 4.79 Å². The van der Waals surface area contributed by atoms with Crippen molar-refractivity contribution in [1.29, 1.82) is 0 Å². The molecule has 1 aliphatic heterocycles. The maximum atomic E-state index is 13.0. The van der Waals surface area contributed by atoms with Gasteiger partial charge in [0.15, 0.2) is 5.78 Å². The lowest BCUT2D eigenvalue weighted by Gasteiger charge is -2.31. The van der Waals surface area contributed by atoms with E-state index in [2.05, 4.69) is 25.3 Å². The van der Waals surface area contributed by atoms with Crippen molar-refractivity contribution < 1.29 is 19.1 Å². The number of piperazine rings is 1. The average molecular weight is 494 g/mol. The van der Waals surface area contributed by atoms with Crippen molar-refractivity contribution in [3.8, 4) is 10.6 Å². The molecule has 4 rings (SSSR count). The summed E-state index contributed by atoms with van der Waals surface area (Å²) < 4.78 is 4.85. The molecule has 1 fully saturated rings. The summed E-state index contributed by atoms with van der Waals surface area (Å²) in [6, 6.07) is 14.2. The highest BCUT2D eigenvalue weighted by Gasteiger charge is 2.21. The summed E-state index contributed by atoms with van der Waals surface area (Å²) in [5.74, 6) is -1.02. The molecule has 0 atom stereocenters. The average Bonchev–Trinajstić information content (AvgIpc) is 3.34. The van der Waals surface area contributed by atoms with Gasteiger partial charge < -0.3 is 15.0 Å². The zero-order valence-corrected chi connectivity index (χ0v) is 20.5. The van der Waals surface area contributed by atoms with Gasteiger partial charge in [-0.2, -0.15) is 0 Å². The van der Waals surface area contributed by atoms with Crippen molar-refractivity contribution in [2.45, 2.75) is 6.42 Å². The van der Waals surface area contributed by atoms with Crippen LogP contribution in [0, 0.1) is 0 Å². The van der Waals surface area contributed by atoms with E-state index in [1.807, 2.05) is 37.4 Å². The van der Waals surface area contributed by atoms with Gasteiger partial charge >= 0.3 is 5.97 Å². The fourth-order valence-electron chi connectivity index (χ4n) is 3.77. The minimum atomic E-state index is -0.587. The Morgan fingerprint density at radius 2 is 1.77 bits per heavy atom. The molecule has 0 bridgehead atoms. The summed E-state index contributed by atoms with van der Waals surface area (Å²) in [5, 5.41) is 12.5. The van der Waals surface area contributed by atoms with Crippen molar-refractivity contribution >= 4 is 34.7 Å². The van der Waals surface area contributed by atoms with Crippen LogP contribution in [0.15, 0.2) is 48.5 Å². The quantitative estimate of drug-likeness (QED) is 0.377. The van der Waals surface area contributed by atoms with Gasteiger partial charge in [-0.1, -0.05) is 47.7 Å². The van der Waals surface area contributed by atoms with E-state index in [1.165, 1.54) is 30.6 Å². The van der Waals surface area contributed by atoms with E-state index in [-0.39, 0.29) is 35.9 Å². The number of anilines is 1. The highest BCUT2D eigenvalue weighted by molar-refractivity contribution is 7.14. The molecule has 2 heterocycles. The second kappa shape index (κ2) is 11.3. The first-order valence-corrected chi connectivity index (χ1v) is 12.1. The Labute approximate surface area is 207 Å². The van der Waals surface area contributed by atoms with Gasteiger partial charge in [-0.15, -0.1) is 10.2 Å². The molecule has 9 nitrogen and oxygen atoms in total. The number of nitrogens with zero attached hydrogens (tertiary/aromatic N) is 4. The Morgan fingerprint density at radius 1 is 1.03 bits per heavy atom. The van der Waals surface area contributed by atoms with Crippen molar-refractivity contribution in [1.82, 2.24) is 20.0 Å². The van der Waals surface area contributed by atoms with Crippen LogP contribution in [0.25, 0.3) is 10.6 Å². The first-order valence-electron chi connectivity index (χ1n) is 11.3. The first-order chi connectivity index (χ1) is 16.9. The number of rotatable bonds is 8. The van der Waals surface area contributed by atoms with E-state index in [0.717, 1.165) is 36.8 Å². The number of amides is 1. The van der Waals surface area contributed by atoms with Crippen LogP contribution in [-0.2, 0) is 16.0 Å². The van der Waals surface area contributed by atoms with Gasteiger partial charge in [0, 0.05) is 37.3 Å². The van der Waals surface area contributed by atoms with Crippen LogP contribution in [0.1, 0.15) is 25.7 Å². The number of hydrogen-bond donors (Lipinski definition) is 1. The van der Waals surface area contributed by atoms with E-state index in [0.29, 0.717) is 10.6 Å². The molecule has 0 unspecified atom stereocenters. The Bertz CT molecular complexity index is 1210. The minimum Gasteiger partial charge on any atom is -0.465 e. The molecule has 0 spiro atoms. The van der Waals surface area contributed by atoms with Crippen LogP contribution in [-0.4, -0.2) is 84.5 Å². The third kappa shape index (κ3) is 6.36. The summed E-state index contributed by atoms with van der Waals surface area (Å²) >= 11 is 1.36. The lowest BCUT2D eigenvalue weighted by molar-refractivity contribution is -0.117. The van der Waals surface area contributed by atoms with E-state index < -0.39 is 5.97 Å². The lowest BCUT2D eigenvalue weighted by atomic mass is 10.0. The van der Waals surface area contributed by atoms with E-state index >= 15 is 0 Å². The highest BCUT2D eigenvalue weighted by atomic mass is 32.1. The molecule has 182 valence electrons. The smallest absolute Gasteiger partial charge is 0.339 e. The normalized spacial score (nSPS) is 14.5. The molecular formula is C25H27N5O4S. The van der Waals surface area contributed by atoms with Gasteiger partial charge in [-0.3, -0.25) is 14.5 Å². The molecule has 1 saturated heterocycles. The largest absolute Gasteiger partial charge is 0.465 e. The van der Waals surface area contributed by atoms with Gasteiger partial charge in [0.25, 0.3) is 0 Å². The third-order valence-corrected chi connectivity index (χ3v) is 6.76. The fourth-order valence-corrected chi connectivity index (χ4v) is 4.61. The number of carbonyl (C=O) groups excluding carboxylic acids is 3. The van der Waals surface area contributed by atoms with Crippen LogP contribution >= 0.6 is 11.3 Å². The molecule has 0 saturated carbocycles. The van der Waals surface area contributed by atoms with Crippen LogP contribution in [0.3, 0.4) is 0 Å². The summed E-state index contributed by atoms with van der Waals surface area (Å²) in [4.78, 5) is 42.2. The fraction of sp³-hybridized carbons (Fsp3) is 0.320. The number of ether oxygens (including phenoxy) is 1. The molecule has 1 aromatic heterocycles. The molecule has 3 aromatic rings. The molecule has 1 aliphatic rings. The Kier molecular flexibility index (Phi) is 7.96. The number of ketones is 1. The second-order valence-electron chi connectivity index (χ2n) is 8.35. The number of methoxy groups -OCH3 is 1. The molecule has 0 aliphatic carbocycles. The number of Topliss-reactive ketones (excluding diaryl/α,β-unsaturated/α-hetero) is 1. The summed E-state index contributed by atoms with van der Waals surface area (Å²) in [5.41, 5.74) is 1.75. The maximum Gasteiger partial charge on any atom is 0.339 e. The van der Waals surface area contributed by atoms with E-state index in [9.17, 15) is 14.4 Å². The Morgan fingerprint density at radius 3 is 2.49 bits per heavy atom. The monoisotopic (exact) mass is 493 g/mol. The number of hydrogen-bond acceptors (Lipinski definition) is 9. The molecule has 10 heteroatoms. The number of esters is 1. The lowest BCUT2D eigenvalue weighted by Crippen LogP contribution is -2.47. The zero-order valence-electron chi connectivity index (χ0n) is 19.7. The number of nitrogens with one attached hydrogen (secondary N) is 1. The van der Waals surface area contributed by atoms with Crippen LogP contribution in [0.4, 0.5) is 5.69 Å². The predicted molar refractivity (Wildman–Crippen MR) is 134 cm³/mol. The maximum absolute atomic E-state index is 13.0. The first kappa shape index (κ1) is 24.6. The number of aromatic nitrogens is 2. The number of benzene rings is 2. The predicted octanol–water partition coefficient (Wildman–Crippen LogP) is 2.60. The molecule has 0 radical (unpaired) electrons.